The molecule has 0 radical (unpaired) electrons. The number of nitrogens with one attached hydrogen (secondary N) is 1. The van der Waals surface area contributed by atoms with E-state index < -0.39 is 52.2 Å². The fourth-order valence-corrected chi connectivity index (χ4v) is 7.90. The summed E-state index contributed by atoms with van der Waals surface area (Å²) in [6.45, 7) is 7.78. The first-order valence-electron chi connectivity index (χ1n) is 15.3. The molecule has 8 nitrogen and oxygen atoms in total. The number of nitrogens with two attached hydrogens (primary N) is 1. The molecule has 45 heavy (non-hydrogen) atoms. The first-order chi connectivity index (χ1) is 21.4. The number of piperazine rings is 1. The van der Waals surface area contributed by atoms with Crippen molar-refractivity contribution in [1.29, 1.82) is 0 Å². The van der Waals surface area contributed by atoms with Crippen LogP contribution in [0.2, 0.25) is 0 Å². The van der Waals surface area contributed by atoms with Gasteiger partial charge >= 0.3 is 12.2 Å². The molecule has 7 rings (SSSR count). The highest BCUT2D eigenvalue weighted by atomic mass is 19.4. The van der Waals surface area contributed by atoms with Crippen LogP contribution in [-0.4, -0.2) is 71.4 Å². The first-order valence-corrected chi connectivity index (χ1v) is 15.3. The van der Waals surface area contributed by atoms with Crippen LogP contribution in [0.15, 0.2) is 18.2 Å². The molecule has 4 saturated heterocycles. The van der Waals surface area contributed by atoms with Crippen molar-refractivity contribution in [3.63, 3.8) is 0 Å². The van der Waals surface area contributed by atoms with E-state index in [0.717, 1.165) is 24.5 Å². The smallest absolute Gasteiger partial charge is 0.418 e. The van der Waals surface area contributed by atoms with Crippen molar-refractivity contribution in [1.82, 2.24) is 20.2 Å². The molecular formula is C32H35F5N6O2. The van der Waals surface area contributed by atoms with Gasteiger partial charge in [0.15, 0.2) is 5.82 Å². The summed E-state index contributed by atoms with van der Waals surface area (Å²) < 4.78 is 85.5. The third-order valence-corrected chi connectivity index (χ3v) is 9.72. The Hall–Kier alpha value is -3.47. The molecule has 3 N–H and O–H groups in total. The van der Waals surface area contributed by atoms with Crippen LogP contribution in [0.1, 0.15) is 66.7 Å². The van der Waals surface area contributed by atoms with E-state index >= 15 is 4.39 Å². The SMILES string of the molecule is C=C1CN2CC(F)CC2(COc2nc3c(c(N4CC5CCC(C4)N5)n2)COC(c2c(F)c(N)cc(C#CC)c2C(F)(F)F)C3)C1. The van der Waals surface area contributed by atoms with Gasteiger partial charge in [-0.2, -0.15) is 23.1 Å². The second-order valence-electron chi connectivity index (χ2n) is 12.9. The predicted octanol–water partition coefficient (Wildman–Crippen LogP) is 4.46. The summed E-state index contributed by atoms with van der Waals surface area (Å²) in [5.74, 6) is 4.29. The van der Waals surface area contributed by atoms with Gasteiger partial charge in [-0.15, -0.1) is 5.92 Å². The highest BCUT2D eigenvalue weighted by Crippen LogP contribution is 2.46. The van der Waals surface area contributed by atoms with E-state index in [2.05, 4.69) is 38.5 Å². The lowest BCUT2D eigenvalue weighted by atomic mass is 9.90. The average Bonchev–Trinajstić information content (AvgIpc) is 3.58. The molecule has 6 heterocycles. The highest BCUT2D eigenvalue weighted by molar-refractivity contribution is 5.59. The standard InChI is InChI=1S/C32H35F5N6O2/c1-3-4-18-7-23(38)28(34)26(27(18)32(35,36)37)25-8-24-22(15-44-25)29(42-13-20-5-6-21(14-42)39-20)41-30(40-24)45-16-31-9-17(2)11-43(31)12-19(33)10-31/h7,19-21,25,39H,2,5-6,8-16,38H2,1H3. The molecule has 5 unspecified atom stereocenters. The van der Waals surface area contributed by atoms with Crippen LogP contribution in [0, 0.1) is 17.7 Å². The van der Waals surface area contributed by atoms with E-state index in [1.165, 1.54) is 6.92 Å². The molecule has 5 atom stereocenters. The van der Waals surface area contributed by atoms with Crippen molar-refractivity contribution < 1.29 is 31.4 Å². The molecule has 240 valence electrons. The molecular weight excluding hydrogens is 595 g/mol. The maximum absolute atomic E-state index is 15.5. The first kappa shape index (κ1) is 30.2. The van der Waals surface area contributed by atoms with Crippen molar-refractivity contribution in [2.45, 2.75) is 81.7 Å². The molecule has 0 aliphatic carbocycles. The van der Waals surface area contributed by atoms with Crippen molar-refractivity contribution in [2.75, 3.05) is 43.4 Å². The quantitative estimate of drug-likeness (QED) is 0.217. The molecule has 5 aliphatic rings. The maximum atomic E-state index is 15.5. The van der Waals surface area contributed by atoms with E-state index in [-0.39, 0.29) is 37.7 Å². The molecule has 0 saturated carbocycles. The number of ether oxygens (including phenoxy) is 2. The molecule has 2 aromatic rings. The van der Waals surface area contributed by atoms with Crippen molar-refractivity contribution in [3.05, 3.63) is 52.0 Å². The zero-order valence-electron chi connectivity index (χ0n) is 24.9. The fourth-order valence-electron chi connectivity index (χ4n) is 7.90. The normalized spacial score (nSPS) is 29.4. The number of hydrogen-bond donors (Lipinski definition) is 2. The van der Waals surface area contributed by atoms with Crippen LogP contribution in [0.3, 0.4) is 0 Å². The Balaban J connectivity index is 1.27. The van der Waals surface area contributed by atoms with Crippen molar-refractivity contribution >= 4 is 11.5 Å². The van der Waals surface area contributed by atoms with E-state index in [9.17, 15) is 17.6 Å². The van der Waals surface area contributed by atoms with Crippen molar-refractivity contribution in [3.8, 4) is 17.9 Å². The van der Waals surface area contributed by atoms with Gasteiger partial charge in [0.05, 0.1) is 35.2 Å². The summed E-state index contributed by atoms with van der Waals surface area (Å²) in [5, 5.41) is 3.59. The number of alkyl halides is 4. The van der Waals surface area contributed by atoms with Gasteiger partial charge in [-0.05, 0) is 32.3 Å². The Morgan fingerprint density at radius 1 is 1.22 bits per heavy atom. The lowest BCUT2D eigenvalue weighted by Gasteiger charge is -2.37. The molecule has 1 aromatic heterocycles. The minimum absolute atomic E-state index is 0.0473. The minimum Gasteiger partial charge on any atom is -0.461 e. The predicted molar refractivity (Wildman–Crippen MR) is 157 cm³/mol. The average molecular weight is 631 g/mol. The highest BCUT2D eigenvalue weighted by Gasteiger charge is 2.51. The van der Waals surface area contributed by atoms with E-state index in [0.29, 0.717) is 56.1 Å². The monoisotopic (exact) mass is 630 g/mol. The van der Waals surface area contributed by atoms with E-state index in [1.54, 1.807) is 0 Å². The number of halogens is 5. The number of benzene rings is 1. The van der Waals surface area contributed by atoms with Crippen LogP contribution in [0.25, 0.3) is 0 Å². The number of fused-ring (bicyclic) bond motifs is 4. The summed E-state index contributed by atoms with van der Waals surface area (Å²) in [4.78, 5) is 13.6. The molecule has 1 aromatic carbocycles. The summed E-state index contributed by atoms with van der Waals surface area (Å²) in [5.41, 5.74) is 4.58. The van der Waals surface area contributed by atoms with Gasteiger partial charge in [0.2, 0.25) is 0 Å². The summed E-state index contributed by atoms with van der Waals surface area (Å²) >= 11 is 0. The third-order valence-electron chi connectivity index (χ3n) is 9.72. The molecule has 4 fully saturated rings. The summed E-state index contributed by atoms with van der Waals surface area (Å²) in [6, 6.07) is 1.51. The Morgan fingerprint density at radius 3 is 2.69 bits per heavy atom. The number of nitrogens with zero attached hydrogens (tertiary/aromatic N) is 4. The topological polar surface area (TPSA) is 88.8 Å². The summed E-state index contributed by atoms with van der Waals surface area (Å²) in [6.07, 6.45) is -4.43. The third kappa shape index (κ3) is 5.40. The van der Waals surface area contributed by atoms with Gasteiger partial charge in [0.1, 0.15) is 18.6 Å². The van der Waals surface area contributed by atoms with E-state index in [1.807, 2.05) is 0 Å². The van der Waals surface area contributed by atoms with Crippen LogP contribution in [0.5, 0.6) is 6.01 Å². The molecule has 13 heteroatoms. The molecule has 5 aliphatic heterocycles. The number of hydrogen-bond acceptors (Lipinski definition) is 8. The molecule has 2 bridgehead atoms. The Kier molecular flexibility index (Phi) is 7.45. The van der Waals surface area contributed by atoms with Crippen LogP contribution >= 0.6 is 0 Å². The largest absolute Gasteiger partial charge is 0.461 e. The molecule has 0 amide bonds. The summed E-state index contributed by atoms with van der Waals surface area (Å²) in [7, 11) is 0. The van der Waals surface area contributed by atoms with Gasteiger partial charge in [0, 0.05) is 67.8 Å². The Morgan fingerprint density at radius 2 is 1.98 bits per heavy atom. The van der Waals surface area contributed by atoms with Crippen LogP contribution < -0.4 is 20.7 Å². The fraction of sp³-hybridized carbons (Fsp3) is 0.562. The van der Waals surface area contributed by atoms with Crippen LogP contribution in [-0.2, 0) is 23.9 Å². The zero-order valence-corrected chi connectivity index (χ0v) is 24.9. The number of rotatable bonds is 5. The number of anilines is 2. The maximum Gasteiger partial charge on any atom is 0.418 e. The lowest BCUT2D eigenvalue weighted by Crippen LogP contribution is -2.52. The second kappa shape index (κ2) is 11.1. The zero-order chi connectivity index (χ0) is 31.7. The van der Waals surface area contributed by atoms with Gasteiger partial charge in [-0.1, -0.05) is 18.1 Å². The minimum atomic E-state index is -4.91. The van der Waals surface area contributed by atoms with Crippen LogP contribution in [0.4, 0.5) is 33.5 Å². The number of nitrogen functional groups attached to an aromatic ring is 1. The Labute approximate surface area is 258 Å². The number of aromatic nitrogens is 2. The van der Waals surface area contributed by atoms with Crippen molar-refractivity contribution in [2.24, 2.45) is 0 Å². The van der Waals surface area contributed by atoms with Gasteiger partial charge < -0.3 is 25.4 Å². The van der Waals surface area contributed by atoms with Gasteiger partial charge in [-0.3, -0.25) is 4.90 Å². The lowest BCUT2D eigenvalue weighted by molar-refractivity contribution is -0.140. The Bertz CT molecular complexity index is 1590. The van der Waals surface area contributed by atoms with E-state index in [4.69, 9.17) is 20.2 Å². The second-order valence-corrected chi connectivity index (χ2v) is 12.9. The molecule has 0 spiro atoms. The van der Waals surface area contributed by atoms with Gasteiger partial charge in [-0.25, -0.2) is 8.78 Å². The van der Waals surface area contributed by atoms with Gasteiger partial charge in [0.25, 0.3) is 0 Å².